The number of nitrogens with one attached hydrogen (secondary N) is 2. The second kappa shape index (κ2) is 7.70. The number of amides is 2. The minimum absolute atomic E-state index is 0.00656. The molecule has 1 aliphatic heterocycles. The second-order valence-corrected chi connectivity index (χ2v) is 7.42. The van der Waals surface area contributed by atoms with Gasteiger partial charge in [-0.1, -0.05) is 39.0 Å². The number of hydrogen-bond donors (Lipinski definition) is 2. The molecule has 0 bridgehead atoms. The van der Waals surface area contributed by atoms with Crippen molar-refractivity contribution in [2.24, 2.45) is 0 Å². The van der Waals surface area contributed by atoms with Crippen molar-refractivity contribution >= 4 is 21.8 Å². The summed E-state index contributed by atoms with van der Waals surface area (Å²) in [5.74, 6) is -1.05. The first-order chi connectivity index (χ1) is 11.0. The molecule has 126 valence electrons. The van der Waals surface area contributed by atoms with Crippen LogP contribution in [0.4, 0.5) is 0 Å². The second-order valence-electron chi connectivity index (χ2n) is 5.66. The summed E-state index contributed by atoms with van der Waals surface area (Å²) in [6, 6.07) is 3.97. The molecule has 1 aromatic carbocycles. The molecule has 2 amide bonds. The largest absolute Gasteiger partial charge is 0.288 e. The predicted octanol–water partition coefficient (Wildman–Crippen LogP) is 2.21. The number of imide groups is 1. The molecule has 7 heteroatoms. The Morgan fingerprint density at radius 1 is 0.957 bits per heavy atom. The number of benzene rings is 1. The standard InChI is InChI=1S/C16H22N2O4S/c1-2-3-4-5-6-7-10-17-23(21,22)12-8-9-13-14(11-12)16(20)18-15(13)19/h8-9,11,17H,2-7,10H2,1H3,(H,18,19,20). The van der Waals surface area contributed by atoms with Gasteiger partial charge >= 0.3 is 0 Å². The van der Waals surface area contributed by atoms with E-state index in [9.17, 15) is 18.0 Å². The minimum Gasteiger partial charge on any atom is -0.288 e. The number of rotatable bonds is 9. The first kappa shape index (κ1) is 17.6. The van der Waals surface area contributed by atoms with Gasteiger partial charge in [-0.05, 0) is 24.6 Å². The molecule has 2 rings (SSSR count). The summed E-state index contributed by atoms with van der Waals surface area (Å²) in [5.41, 5.74) is 0.322. The Balaban J connectivity index is 1.92. The van der Waals surface area contributed by atoms with Crippen molar-refractivity contribution in [2.75, 3.05) is 6.54 Å². The van der Waals surface area contributed by atoms with E-state index in [1.165, 1.54) is 37.5 Å². The maximum atomic E-state index is 12.2. The fourth-order valence-electron chi connectivity index (χ4n) is 2.51. The van der Waals surface area contributed by atoms with Gasteiger partial charge in [-0.3, -0.25) is 14.9 Å². The Morgan fingerprint density at radius 3 is 2.35 bits per heavy atom. The molecule has 0 atom stereocenters. The van der Waals surface area contributed by atoms with E-state index in [0.29, 0.717) is 6.54 Å². The zero-order chi connectivity index (χ0) is 16.9. The summed E-state index contributed by atoms with van der Waals surface area (Å²) in [7, 11) is -3.66. The minimum atomic E-state index is -3.66. The summed E-state index contributed by atoms with van der Waals surface area (Å²) in [4.78, 5) is 23.1. The molecule has 0 radical (unpaired) electrons. The summed E-state index contributed by atoms with van der Waals surface area (Å²) in [6.45, 7) is 2.52. The summed E-state index contributed by atoms with van der Waals surface area (Å²) in [6.07, 6.45) is 6.45. The predicted molar refractivity (Wildman–Crippen MR) is 86.8 cm³/mol. The van der Waals surface area contributed by atoms with Crippen molar-refractivity contribution in [1.82, 2.24) is 10.0 Å². The van der Waals surface area contributed by atoms with E-state index >= 15 is 0 Å². The number of hydrogen-bond acceptors (Lipinski definition) is 4. The van der Waals surface area contributed by atoms with Crippen LogP contribution in [0, 0.1) is 0 Å². The number of sulfonamides is 1. The quantitative estimate of drug-likeness (QED) is 0.533. The van der Waals surface area contributed by atoms with Crippen LogP contribution in [0.2, 0.25) is 0 Å². The third-order valence-electron chi connectivity index (χ3n) is 3.84. The molecule has 6 nitrogen and oxygen atoms in total. The fraction of sp³-hybridized carbons (Fsp3) is 0.500. The average molecular weight is 338 g/mol. The van der Waals surface area contributed by atoms with Crippen molar-refractivity contribution in [2.45, 2.75) is 50.3 Å². The van der Waals surface area contributed by atoms with Crippen LogP contribution >= 0.6 is 0 Å². The number of carbonyl (C=O) groups excluding carboxylic acids is 2. The van der Waals surface area contributed by atoms with Crippen molar-refractivity contribution in [1.29, 1.82) is 0 Å². The molecular formula is C16H22N2O4S. The Morgan fingerprint density at radius 2 is 1.61 bits per heavy atom. The smallest absolute Gasteiger partial charge is 0.258 e. The Labute approximate surface area is 136 Å². The highest BCUT2D eigenvalue weighted by atomic mass is 32.2. The Bertz CT molecular complexity index is 698. The molecule has 0 fully saturated rings. The van der Waals surface area contributed by atoms with Crippen molar-refractivity contribution in [3.05, 3.63) is 29.3 Å². The summed E-state index contributed by atoms with van der Waals surface area (Å²) in [5, 5.41) is 2.14. The third kappa shape index (κ3) is 4.39. The zero-order valence-corrected chi connectivity index (χ0v) is 14.0. The van der Waals surface area contributed by atoms with Gasteiger partial charge in [0, 0.05) is 6.54 Å². The molecule has 2 N–H and O–H groups in total. The van der Waals surface area contributed by atoms with E-state index in [2.05, 4.69) is 17.0 Å². The van der Waals surface area contributed by atoms with Crippen LogP contribution in [-0.4, -0.2) is 26.8 Å². The molecule has 1 aliphatic rings. The molecule has 0 unspecified atom stereocenters. The van der Waals surface area contributed by atoms with Crippen LogP contribution < -0.4 is 10.0 Å². The SMILES string of the molecule is CCCCCCCCNS(=O)(=O)c1ccc2c(c1)C(=O)NC2=O. The number of carbonyl (C=O) groups is 2. The van der Waals surface area contributed by atoms with Crippen LogP contribution in [0.3, 0.4) is 0 Å². The topological polar surface area (TPSA) is 92.3 Å². The van der Waals surface area contributed by atoms with Crippen molar-refractivity contribution in [3.8, 4) is 0 Å². The molecular weight excluding hydrogens is 316 g/mol. The number of unbranched alkanes of at least 4 members (excludes halogenated alkanes) is 5. The van der Waals surface area contributed by atoms with Gasteiger partial charge in [-0.25, -0.2) is 13.1 Å². The summed E-state index contributed by atoms with van der Waals surface area (Å²) < 4.78 is 27.0. The lowest BCUT2D eigenvalue weighted by Crippen LogP contribution is -2.25. The van der Waals surface area contributed by atoms with Gasteiger partial charge in [0.25, 0.3) is 11.8 Å². The lowest BCUT2D eigenvalue weighted by Gasteiger charge is -2.07. The van der Waals surface area contributed by atoms with Crippen LogP contribution in [-0.2, 0) is 10.0 Å². The number of fused-ring (bicyclic) bond motifs is 1. The highest BCUT2D eigenvalue weighted by Crippen LogP contribution is 2.20. The monoisotopic (exact) mass is 338 g/mol. The average Bonchev–Trinajstić information content (AvgIpc) is 2.81. The van der Waals surface area contributed by atoms with Crippen molar-refractivity contribution < 1.29 is 18.0 Å². The van der Waals surface area contributed by atoms with Crippen LogP contribution in [0.25, 0.3) is 0 Å². The molecule has 0 aromatic heterocycles. The lowest BCUT2D eigenvalue weighted by molar-refractivity contribution is 0.0879. The van der Waals surface area contributed by atoms with Gasteiger partial charge in [-0.15, -0.1) is 0 Å². The molecule has 23 heavy (non-hydrogen) atoms. The van der Waals surface area contributed by atoms with Gasteiger partial charge < -0.3 is 0 Å². The maximum Gasteiger partial charge on any atom is 0.258 e. The van der Waals surface area contributed by atoms with Crippen molar-refractivity contribution in [3.63, 3.8) is 0 Å². The molecule has 0 saturated carbocycles. The zero-order valence-electron chi connectivity index (χ0n) is 13.2. The van der Waals surface area contributed by atoms with Crippen LogP contribution in [0.5, 0.6) is 0 Å². The van der Waals surface area contributed by atoms with Gasteiger partial charge in [-0.2, -0.15) is 0 Å². The molecule has 1 heterocycles. The van der Waals surface area contributed by atoms with E-state index in [1.807, 2.05) is 0 Å². The molecule has 1 aromatic rings. The fourth-order valence-corrected chi connectivity index (χ4v) is 3.61. The molecule has 0 aliphatic carbocycles. The highest BCUT2D eigenvalue weighted by Gasteiger charge is 2.28. The van der Waals surface area contributed by atoms with Crippen LogP contribution in [0.1, 0.15) is 66.2 Å². The van der Waals surface area contributed by atoms with E-state index in [0.717, 1.165) is 19.3 Å². The highest BCUT2D eigenvalue weighted by molar-refractivity contribution is 7.89. The third-order valence-corrected chi connectivity index (χ3v) is 5.30. The van der Waals surface area contributed by atoms with E-state index in [1.54, 1.807) is 0 Å². The van der Waals surface area contributed by atoms with Gasteiger partial charge in [0.15, 0.2) is 0 Å². The van der Waals surface area contributed by atoms with Gasteiger partial charge in [0.2, 0.25) is 10.0 Å². The summed E-state index contributed by atoms with van der Waals surface area (Å²) >= 11 is 0. The molecule has 0 saturated heterocycles. The van der Waals surface area contributed by atoms with E-state index < -0.39 is 21.8 Å². The van der Waals surface area contributed by atoms with Gasteiger partial charge in [0.1, 0.15) is 0 Å². The molecule has 0 spiro atoms. The normalized spacial score (nSPS) is 14.0. The first-order valence-corrected chi connectivity index (χ1v) is 9.43. The maximum absolute atomic E-state index is 12.2. The van der Waals surface area contributed by atoms with E-state index in [4.69, 9.17) is 0 Å². The van der Waals surface area contributed by atoms with E-state index in [-0.39, 0.29) is 16.0 Å². The Kier molecular flexibility index (Phi) is 5.90. The lowest BCUT2D eigenvalue weighted by atomic mass is 10.1. The first-order valence-electron chi connectivity index (χ1n) is 7.95. The Hall–Kier alpha value is -1.73. The van der Waals surface area contributed by atoms with Crippen LogP contribution in [0.15, 0.2) is 23.1 Å². The van der Waals surface area contributed by atoms with Gasteiger partial charge in [0.05, 0.1) is 16.0 Å².